The van der Waals surface area contributed by atoms with Gasteiger partial charge in [0.05, 0.1) is 5.56 Å². The molecule has 0 aliphatic carbocycles. The maximum atomic E-state index is 13.7. The number of nitrogens with one attached hydrogen (secondary N) is 1. The lowest BCUT2D eigenvalue weighted by molar-refractivity contribution is -0.140. The van der Waals surface area contributed by atoms with E-state index in [0.29, 0.717) is 13.1 Å². The number of rotatable bonds is 1. The molecule has 1 aliphatic rings. The van der Waals surface area contributed by atoms with E-state index in [1.54, 1.807) is 0 Å². The van der Waals surface area contributed by atoms with E-state index in [0.717, 1.165) is 0 Å². The zero-order valence-corrected chi connectivity index (χ0v) is 9.62. The van der Waals surface area contributed by atoms with Crippen molar-refractivity contribution in [1.82, 2.24) is 5.32 Å². The Balaban J connectivity index is 2.49. The normalized spacial score (nSPS) is 16.8. The van der Waals surface area contributed by atoms with Gasteiger partial charge in [0.15, 0.2) is 11.6 Å². The van der Waals surface area contributed by atoms with Gasteiger partial charge in [0, 0.05) is 26.2 Å². The molecule has 0 radical (unpaired) electrons. The third kappa shape index (κ3) is 2.63. The Morgan fingerprint density at radius 3 is 2.11 bits per heavy atom. The lowest BCUT2D eigenvalue weighted by Gasteiger charge is -2.30. The van der Waals surface area contributed by atoms with E-state index in [1.807, 2.05) is 0 Å². The Morgan fingerprint density at radius 1 is 1.00 bits per heavy atom. The molecule has 0 aromatic heterocycles. The van der Waals surface area contributed by atoms with Gasteiger partial charge in [-0.3, -0.25) is 0 Å². The third-order valence-corrected chi connectivity index (χ3v) is 2.87. The number of hydrogen-bond acceptors (Lipinski definition) is 2. The Hall–Kier alpha value is -1.44. The topological polar surface area (TPSA) is 15.3 Å². The maximum Gasteiger partial charge on any atom is 0.419 e. The van der Waals surface area contributed by atoms with Gasteiger partial charge in [-0.05, 0) is 6.07 Å². The molecule has 1 aromatic rings. The van der Waals surface area contributed by atoms with Crippen molar-refractivity contribution >= 4 is 5.69 Å². The van der Waals surface area contributed by atoms with Gasteiger partial charge < -0.3 is 10.2 Å². The summed E-state index contributed by atoms with van der Waals surface area (Å²) in [6, 6.07) is -0.00419. The highest BCUT2D eigenvalue weighted by Gasteiger charge is 2.38. The zero-order chi connectivity index (χ0) is 14.2. The first-order chi connectivity index (χ1) is 8.82. The summed E-state index contributed by atoms with van der Waals surface area (Å²) in [5.74, 6) is -5.27. The molecule has 8 heteroatoms. The van der Waals surface area contributed by atoms with Gasteiger partial charge in [-0.1, -0.05) is 0 Å². The van der Waals surface area contributed by atoms with Crippen molar-refractivity contribution in [3.63, 3.8) is 0 Å². The highest BCUT2D eigenvalue weighted by molar-refractivity contribution is 5.52. The molecule has 0 spiro atoms. The van der Waals surface area contributed by atoms with Gasteiger partial charge in [-0.15, -0.1) is 0 Å². The number of anilines is 1. The Bertz CT molecular complexity index is 479. The monoisotopic (exact) mass is 284 g/mol. The molecule has 2 rings (SSSR count). The molecule has 1 N–H and O–H groups in total. The minimum atomic E-state index is -5.13. The summed E-state index contributed by atoms with van der Waals surface area (Å²) in [4.78, 5) is 1.18. The molecular weight excluding hydrogens is 274 g/mol. The summed E-state index contributed by atoms with van der Waals surface area (Å²) in [5.41, 5.74) is -2.67. The van der Waals surface area contributed by atoms with E-state index >= 15 is 0 Å². The highest BCUT2D eigenvalue weighted by atomic mass is 19.4. The van der Waals surface area contributed by atoms with Gasteiger partial charge in [0.1, 0.15) is 11.5 Å². The second kappa shape index (κ2) is 4.92. The predicted molar refractivity (Wildman–Crippen MR) is 56.4 cm³/mol. The van der Waals surface area contributed by atoms with Crippen LogP contribution in [0.25, 0.3) is 0 Å². The summed E-state index contributed by atoms with van der Waals surface area (Å²) in [7, 11) is 0. The van der Waals surface area contributed by atoms with E-state index < -0.39 is 34.9 Å². The van der Waals surface area contributed by atoms with Crippen molar-refractivity contribution < 1.29 is 26.3 Å². The van der Waals surface area contributed by atoms with Crippen LogP contribution in [0.15, 0.2) is 6.07 Å². The van der Waals surface area contributed by atoms with Crippen LogP contribution in [0.5, 0.6) is 0 Å². The van der Waals surface area contributed by atoms with Crippen LogP contribution in [0.3, 0.4) is 0 Å². The average Bonchev–Trinajstić information content (AvgIpc) is 2.34. The molecule has 0 amide bonds. The summed E-state index contributed by atoms with van der Waals surface area (Å²) in [6.07, 6.45) is -5.13. The number of benzene rings is 1. The van der Waals surface area contributed by atoms with E-state index in [9.17, 15) is 26.3 Å². The SMILES string of the molecule is Fc1cc(C(F)(F)F)c(F)c(F)c1N1CCNCC1. The molecule has 106 valence electrons. The van der Waals surface area contributed by atoms with Gasteiger partial charge in [-0.25, -0.2) is 13.2 Å². The average molecular weight is 284 g/mol. The van der Waals surface area contributed by atoms with Crippen LogP contribution in [-0.2, 0) is 6.18 Å². The molecule has 19 heavy (non-hydrogen) atoms. The second-order valence-corrected chi connectivity index (χ2v) is 4.12. The Morgan fingerprint density at radius 2 is 1.58 bits per heavy atom. The molecular formula is C11H10F6N2. The Kier molecular flexibility index (Phi) is 3.62. The number of halogens is 6. The van der Waals surface area contributed by atoms with Gasteiger partial charge in [0.2, 0.25) is 0 Å². The van der Waals surface area contributed by atoms with Crippen molar-refractivity contribution in [2.75, 3.05) is 31.1 Å². The number of alkyl halides is 3. The molecule has 0 saturated carbocycles. The quantitative estimate of drug-likeness (QED) is 0.630. The summed E-state index contributed by atoms with van der Waals surface area (Å²) in [5, 5.41) is 2.91. The highest BCUT2D eigenvalue weighted by Crippen LogP contribution is 2.36. The first kappa shape index (κ1) is 14.0. The first-order valence-corrected chi connectivity index (χ1v) is 5.52. The maximum absolute atomic E-state index is 13.7. The predicted octanol–water partition coefficient (Wildman–Crippen LogP) is 2.53. The fourth-order valence-electron chi connectivity index (χ4n) is 1.97. The minimum Gasteiger partial charge on any atom is -0.364 e. The van der Waals surface area contributed by atoms with Gasteiger partial charge >= 0.3 is 6.18 Å². The van der Waals surface area contributed by atoms with Crippen molar-refractivity contribution in [1.29, 1.82) is 0 Å². The van der Waals surface area contributed by atoms with Crippen molar-refractivity contribution in [3.05, 3.63) is 29.1 Å². The second-order valence-electron chi connectivity index (χ2n) is 4.12. The van der Waals surface area contributed by atoms with Crippen LogP contribution in [0, 0.1) is 17.5 Å². The summed E-state index contributed by atoms with van der Waals surface area (Å²) < 4.78 is 77.8. The summed E-state index contributed by atoms with van der Waals surface area (Å²) >= 11 is 0. The molecule has 2 nitrogen and oxygen atoms in total. The standard InChI is InChI=1S/C11H10F6N2/c12-7-5-6(11(15,16)17)8(13)9(14)10(7)19-3-1-18-2-4-19/h5,18H,1-4H2. The minimum absolute atomic E-state index is 0.00419. The molecule has 1 fully saturated rings. The van der Waals surface area contributed by atoms with Crippen LogP contribution in [0.1, 0.15) is 5.56 Å². The fourth-order valence-corrected chi connectivity index (χ4v) is 1.97. The van der Waals surface area contributed by atoms with Crippen molar-refractivity contribution in [3.8, 4) is 0 Å². The summed E-state index contributed by atoms with van der Waals surface area (Å²) in [6.45, 7) is 1.22. The number of nitrogens with zero attached hydrogens (tertiary/aromatic N) is 1. The van der Waals surface area contributed by atoms with Crippen molar-refractivity contribution in [2.45, 2.75) is 6.18 Å². The van der Waals surface area contributed by atoms with Gasteiger partial charge in [0.25, 0.3) is 0 Å². The number of piperazine rings is 1. The zero-order valence-electron chi connectivity index (χ0n) is 9.62. The van der Waals surface area contributed by atoms with E-state index in [1.165, 1.54) is 4.90 Å². The lowest BCUT2D eigenvalue weighted by Crippen LogP contribution is -2.44. The number of hydrogen-bond donors (Lipinski definition) is 1. The van der Waals surface area contributed by atoms with Crippen LogP contribution in [0.2, 0.25) is 0 Å². The van der Waals surface area contributed by atoms with Crippen LogP contribution >= 0.6 is 0 Å². The largest absolute Gasteiger partial charge is 0.419 e. The molecule has 0 bridgehead atoms. The molecule has 0 atom stereocenters. The van der Waals surface area contributed by atoms with E-state index in [-0.39, 0.29) is 19.2 Å². The van der Waals surface area contributed by atoms with Crippen LogP contribution in [0.4, 0.5) is 32.0 Å². The van der Waals surface area contributed by atoms with E-state index in [4.69, 9.17) is 0 Å². The van der Waals surface area contributed by atoms with E-state index in [2.05, 4.69) is 5.32 Å². The van der Waals surface area contributed by atoms with Crippen LogP contribution in [-0.4, -0.2) is 26.2 Å². The van der Waals surface area contributed by atoms with Crippen LogP contribution < -0.4 is 10.2 Å². The Labute approximate surface area is 105 Å². The molecule has 1 saturated heterocycles. The van der Waals surface area contributed by atoms with Gasteiger partial charge in [-0.2, -0.15) is 13.2 Å². The molecule has 1 heterocycles. The third-order valence-electron chi connectivity index (χ3n) is 2.87. The molecule has 1 aliphatic heterocycles. The van der Waals surface area contributed by atoms with Crippen molar-refractivity contribution in [2.24, 2.45) is 0 Å². The lowest BCUT2D eigenvalue weighted by atomic mass is 10.1. The molecule has 0 unspecified atom stereocenters. The smallest absolute Gasteiger partial charge is 0.364 e. The fraction of sp³-hybridized carbons (Fsp3) is 0.455. The first-order valence-electron chi connectivity index (χ1n) is 5.52. The molecule has 1 aromatic carbocycles.